The zero-order valence-electron chi connectivity index (χ0n) is 25.8. The number of nitrogens with zero attached hydrogens (tertiary/aromatic N) is 2. The van der Waals surface area contributed by atoms with E-state index >= 15 is 0 Å². The van der Waals surface area contributed by atoms with Crippen molar-refractivity contribution in [3.05, 3.63) is 35.9 Å². The van der Waals surface area contributed by atoms with E-state index < -0.39 is 5.60 Å². The molecule has 1 fully saturated rings. The third kappa shape index (κ3) is 12.3. The topological polar surface area (TPSA) is 61.9 Å². The van der Waals surface area contributed by atoms with Crippen LogP contribution in [0.2, 0.25) is 0 Å². The Kier molecular flexibility index (Phi) is 14.9. The molecule has 1 aliphatic rings. The van der Waals surface area contributed by atoms with Crippen LogP contribution in [-0.2, 0) is 9.53 Å². The van der Waals surface area contributed by atoms with Gasteiger partial charge >= 0.3 is 6.09 Å². The average Bonchev–Trinajstić information content (AvgIpc) is 3.36. The smallest absolute Gasteiger partial charge is 0.410 e. The molecule has 2 amide bonds. The Morgan fingerprint density at radius 3 is 2.00 bits per heavy atom. The van der Waals surface area contributed by atoms with Gasteiger partial charge in [0.1, 0.15) is 5.60 Å². The second kappa shape index (κ2) is 17.6. The van der Waals surface area contributed by atoms with Gasteiger partial charge in [-0.05, 0) is 46.7 Å². The number of likely N-dealkylation sites (N-methyl/N-ethyl adjacent to an activating group) is 1. The van der Waals surface area contributed by atoms with Gasteiger partial charge in [0.2, 0.25) is 5.91 Å². The lowest BCUT2D eigenvalue weighted by Crippen LogP contribution is -2.46. The Morgan fingerprint density at radius 1 is 0.923 bits per heavy atom. The van der Waals surface area contributed by atoms with Gasteiger partial charge in [-0.25, -0.2) is 4.79 Å². The molecule has 0 saturated carbocycles. The SMILES string of the molecule is CCCCCCCCCCCCCCNC(=O)[C@@H]1CN(C(=O)OC(C)(C)C)C[C@H]1N(C)[C@H](C)c1ccccc1. The zero-order valence-corrected chi connectivity index (χ0v) is 25.8. The summed E-state index contributed by atoms with van der Waals surface area (Å²) in [6, 6.07) is 10.4. The zero-order chi connectivity index (χ0) is 28.7. The van der Waals surface area contributed by atoms with Gasteiger partial charge in [0.15, 0.2) is 0 Å². The number of amides is 2. The van der Waals surface area contributed by atoms with Crippen LogP contribution >= 0.6 is 0 Å². The Bertz CT molecular complexity index is 823. The van der Waals surface area contributed by atoms with Crippen LogP contribution in [0.1, 0.15) is 123 Å². The maximum Gasteiger partial charge on any atom is 0.410 e. The molecule has 6 heteroatoms. The summed E-state index contributed by atoms with van der Waals surface area (Å²) in [6.07, 6.45) is 15.3. The van der Waals surface area contributed by atoms with Crippen LogP contribution < -0.4 is 5.32 Å². The molecule has 1 saturated heterocycles. The molecule has 0 spiro atoms. The van der Waals surface area contributed by atoms with Crippen molar-refractivity contribution in [3.63, 3.8) is 0 Å². The summed E-state index contributed by atoms with van der Waals surface area (Å²) in [4.78, 5) is 30.2. The molecule has 0 radical (unpaired) electrons. The first-order valence-electron chi connectivity index (χ1n) is 15.7. The molecule has 222 valence electrons. The van der Waals surface area contributed by atoms with Crippen LogP contribution in [0.4, 0.5) is 4.79 Å². The summed E-state index contributed by atoms with van der Waals surface area (Å²) in [5.41, 5.74) is 0.636. The molecule has 6 nitrogen and oxygen atoms in total. The number of benzene rings is 1. The highest BCUT2D eigenvalue weighted by atomic mass is 16.6. The number of unbranched alkanes of at least 4 members (excludes halogenated alkanes) is 11. The molecule has 0 aliphatic carbocycles. The fraction of sp³-hybridized carbons (Fsp3) is 0.758. The second-order valence-corrected chi connectivity index (χ2v) is 12.5. The van der Waals surface area contributed by atoms with Crippen LogP contribution in [0.25, 0.3) is 0 Å². The number of carbonyl (C=O) groups is 2. The van der Waals surface area contributed by atoms with E-state index in [1.165, 1.54) is 69.8 Å². The fourth-order valence-electron chi connectivity index (χ4n) is 5.50. The first kappa shape index (κ1) is 33.1. The van der Waals surface area contributed by atoms with E-state index in [4.69, 9.17) is 4.74 Å². The average molecular weight is 544 g/mol. The number of nitrogens with one attached hydrogen (secondary N) is 1. The van der Waals surface area contributed by atoms with Crippen molar-refractivity contribution in [1.29, 1.82) is 0 Å². The molecule has 1 N–H and O–H groups in total. The van der Waals surface area contributed by atoms with Crippen molar-refractivity contribution in [2.75, 3.05) is 26.7 Å². The summed E-state index contributed by atoms with van der Waals surface area (Å²) in [6.45, 7) is 11.6. The minimum Gasteiger partial charge on any atom is -0.444 e. The maximum atomic E-state index is 13.4. The van der Waals surface area contributed by atoms with E-state index in [2.05, 4.69) is 43.2 Å². The molecule has 0 unspecified atom stereocenters. The number of hydrogen-bond acceptors (Lipinski definition) is 4. The van der Waals surface area contributed by atoms with Gasteiger partial charge in [-0.1, -0.05) is 108 Å². The Labute approximate surface area is 239 Å². The monoisotopic (exact) mass is 543 g/mol. The van der Waals surface area contributed by atoms with Crippen LogP contribution in [0, 0.1) is 5.92 Å². The van der Waals surface area contributed by atoms with Gasteiger partial charge in [-0.15, -0.1) is 0 Å². The highest BCUT2D eigenvalue weighted by molar-refractivity contribution is 5.81. The van der Waals surface area contributed by atoms with Crippen LogP contribution in [-0.4, -0.2) is 60.1 Å². The van der Waals surface area contributed by atoms with E-state index in [0.717, 1.165) is 12.8 Å². The predicted octanol–water partition coefficient (Wildman–Crippen LogP) is 7.73. The third-order valence-electron chi connectivity index (χ3n) is 8.02. The first-order valence-corrected chi connectivity index (χ1v) is 15.7. The summed E-state index contributed by atoms with van der Waals surface area (Å²) in [5.74, 6) is -0.243. The van der Waals surface area contributed by atoms with Gasteiger partial charge in [0.05, 0.1) is 5.92 Å². The lowest BCUT2D eigenvalue weighted by molar-refractivity contribution is -0.126. The molecule has 3 atom stereocenters. The van der Waals surface area contributed by atoms with Crippen molar-refractivity contribution in [2.24, 2.45) is 5.92 Å². The number of rotatable bonds is 17. The quantitative estimate of drug-likeness (QED) is 0.204. The van der Waals surface area contributed by atoms with Crippen LogP contribution in [0.3, 0.4) is 0 Å². The lowest BCUT2D eigenvalue weighted by atomic mass is 9.98. The van der Waals surface area contributed by atoms with Gasteiger partial charge in [0.25, 0.3) is 0 Å². The highest BCUT2D eigenvalue weighted by Gasteiger charge is 2.43. The maximum absolute atomic E-state index is 13.4. The largest absolute Gasteiger partial charge is 0.444 e. The van der Waals surface area contributed by atoms with Crippen molar-refractivity contribution in [1.82, 2.24) is 15.1 Å². The molecule has 1 aromatic carbocycles. The van der Waals surface area contributed by atoms with Crippen molar-refractivity contribution < 1.29 is 14.3 Å². The van der Waals surface area contributed by atoms with Gasteiger partial charge in [0, 0.05) is 31.7 Å². The molecule has 39 heavy (non-hydrogen) atoms. The van der Waals surface area contributed by atoms with E-state index in [1.54, 1.807) is 4.90 Å². The predicted molar refractivity (Wildman–Crippen MR) is 162 cm³/mol. The Hall–Kier alpha value is -2.08. The molecular formula is C33H57N3O3. The van der Waals surface area contributed by atoms with Crippen LogP contribution in [0.15, 0.2) is 30.3 Å². The van der Waals surface area contributed by atoms with E-state index in [0.29, 0.717) is 19.6 Å². The molecular weight excluding hydrogens is 486 g/mol. The minimum atomic E-state index is -0.565. The molecule has 2 rings (SSSR count). The molecule has 1 heterocycles. The normalized spacial score (nSPS) is 18.4. The first-order chi connectivity index (χ1) is 18.6. The number of hydrogen-bond donors (Lipinski definition) is 1. The Balaban J connectivity index is 1.80. The third-order valence-corrected chi connectivity index (χ3v) is 8.02. The van der Waals surface area contributed by atoms with E-state index in [-0.39, 0.29) is 30.0 Å². The van der Waals surface area contributed by atoms with Gasteiger partial charge in [-0.3, -0.25) is 9.69 Å². The number of ether oxygens (including phenoxy) is 1. The molecule has 0 bridgehead atoms. The summed E-state index contributed by atoms with van der Waals surface area (Å²) >= 11 is 0. The standard InChI is InChI=1S/C33H57N3O3/c1-7-8-9-10-11-12-13-14-15-16-17-21-24-34-31(37)29-25-36(32(38)39-33(3,4)5)26-30(29)35(6)27(2)28-22-19-18-20-23-28/h18-20,22-23,27,29-30H,7-17,21,24-26H2,1-6H3,(H,34,37)/t27-,29-,30-/m1/s1. The molecule has 1 aromatic rings. The molecule has 0 aromatic heterocycles. The summed E-state index contributed by atoms with van der Waals surface area (Å²) in [7, 11) is 2.06. The lowest BCUT2D eigenvalue weighted by Gasteiger charge is -2.33. The van der Waals surface area contributed by atoms with Gasteiger partial charge < -0.3 is 15.0 Å². The van der Waals surface area contributed by atoms with E-state index in [9.17, 15) is 9.59 Å². The van der Waals surface area contributed by atoms with E-state index in [1.807, 2.05) is 39.0 Å². The highest BCUT2D eigenvalue weighted by Crippen LogP contribution is 2.30. The van der Waals surface area contributed by atoms with Crippen molar-refractivity contribution in [3.8, 4) is 0 Å². The fourth-order valence-corrected chi connectivity index (χ4v) is 5.50. The summed E-state index contributed by atoms with van der Waals surface area (Å²) in [5, 5.41) is 3.19. The number of likely N-dealkylation sites (tertiary alicyclic amines) is 1. The van der Waals surface area contributed by atoms with Crippen molar-refractivity contribution >= 4 is 12.0 Å². The number of carbonyl (C=O) groups excluding carboxylic acids is 2. The minimum absolute atomic E-state index is 0.0428. The van der Waals surface area contributed by atoms with Crippen molar-refractivity contribution in [2.45, 2.75) is 129 Å². The second-order valence-electron chi connectivity index (χ2n) is 12.5. The van der Waals surface area contributed by atoms with Crippen LogP contribution in [0.5, 0.6) is 0 Å². The summed E-state index contributed by atoms with van der Waals surface area (Å²) < 4.78 is 5.64. The van der Waals surface area contributed by atoms with Gasteiger partial charge in [-0.2, -0.15) is 0 Å². The molecule has 1 aliphatic heterocycles. The Morgan fingerprint density at radius 2 is 1.46 bits per heavy atom.